The van der Waals surface area contributed by atoms with Gasteiger partial charge in [0.25, 0.3) is 5.91 Å². The minimum absolute atomic E-state index is 0.104. The quantitative estimate of drug-likeness (QED) is 0.570. The van der Waals surface area contributed by atoms with Gasteiger partial charge in [-0.15, -0.1) is 0 Å². The lowest BCUT2D eigenvalue weighted by atomic mass is 10.1. The molecule has 2 aromatic carbocycles. The fourth-order valence-electron chi connectivity index (χ4n) is 2.75. The zero-order valence-electron chi connectivity index (χ0n) is 14.7. The molecule has 0 saturated heterocycles. The van der Waals surface area contributed by atoms with Crippen molar-refractivity contribution in [2.45, 2.75) is 12.8 Å². The molecule has 0 saturated carbocycles. The number of rotatable bonds is 6. The van der Waals surface area contributed by atoms with Crippen LogP contribution in [0.15, 0.2) is 48.5 Å². The van der Waals surface area contributed by atoms with Crippen LogP contribution in [0.3, 0.4) is 0 Å². The number of nitrogens with zero attached hydrogens (tertiary/aromatic N) is 2. The van der Waals surface area contributed by atoms with Gasteiger partial charge in [-0.2, -0.15) is 5.10 Å². The molecular weight excluding hydrogens is 388 g/mol. The highest BCUT2D eigenvalue weighted by Gasteiger charge is 2.17. The Bertz CT molecular complexity index is 944. The molecule has 7 heteroatoms. The SMILES string of the molecule is CN(CCCc1cc(-c2ccccc2)n[nH]1)C(=O)c1cc(F)c(Cl)cc1Cl. The number of aromatic amines is 1. The molecule has 1 aromatic heterocycles. The lowest BCUT2D eigenvalue weighted by molar-refractivity contribution is 0.0793. The second-order valence-corrected chi connectivity index (χ2v) is 7.04. The van der Waals surface area contributed by atoms with Gasteiger partial charge in [-0.25, -0.2) is 4.39 Å². The fourth-order valence-corrected chi connectivity index (χ4v) is 3.21. The monoisotopic (exact) mass is 405 g/mol. The number of halogens is 3. The highest BCUT2D eigenvalue weighted by Crippen LogP contribution is 2.25. The number of aromatic nitrogens is 2. The summed E-state index contributed by atoms with van der Waals surface area (Å²) in [5.74, 6) is -1.01. The Morgan fingerprint density at radius 1 is 1.15 bits per heavy atom. The summed E-state index contributed by atoms with van der Waals surface area (Å²) < 4.78 is 13.6. The van der Waals surface area contributed by atoms with Crippen LogP contribution in [-0.4, -0.2) is 34.6 Å². The molecule has 1 heterocycles. The van der Waals surface area contributed by atoms with Crippen LogP contribution in [0.25, 0.3) is 11.3 Å². The number of aryl methyl sites for hydroxylation is 1. The maximum Gasteiger partial charge on any atom is 0.255 e. The standard InChI is InChI=1S/C20H18Cl2FN3O/c1-26(20(27)15-11-18(23)17(22)12-16(15)21)9-5-8-14-10-19(25-24-14)13-6-3-2-4-7-13/h2-4,6-7,10-12H,5,8-9H2,1H3,(H,24,25). The molecule has 1 N–H and O–H groups in total. The number of hydrogen-bond donors (Lipinski definition) is 1. The summed E-state index contributed by atoms with van der Waals surface area (Å²) >= 11 is 11.7. The summed E-state index contributed by atoms with van der Waals surface area (Å²) in [4.78, 5) is 14.0. The third-order valence-corrected chi connectivity index (χ3v) is 4.83. The Hall–Kier alpha value is -2.37. The van der Waals surface area contributed by atoms with Gasteiger partial charge < -0.3 is 4.90 Å². The minimum Gasteiger partial charge on any atom is -0.342 e. The van der Waals surface area contributed by atoms with Gasteiger partial charge >= 0.3 is 0 Å². The molecule has 0 fully saturated rings. The molecule has 0 bridgehead atoms. The van der Waals surface area contributed by atoms with Crippen LogP contribution >= 0.6 is 23.2 Å². The number of amides is 1. The van der Waals surface area contributed by atoms with E-state index in [4.69, 9.17) is 23.2 Å². The highest BCUT2D eigenvalue weighted by molar-refractivity contribution is 6.36. The predicted octanol–water partition coefficient (Wildman–Crippen LogP) is 5.23. The fraction of sp³-hybridized carbons (Fsp3) is 0.200. The van der Waals surface area contributed by atoms with Crippen molar-refractivity contribution in [3.63, 3.8) is 0 Å². The van der Waals surface area contributed by atoms with Crippen molar-refractivity contribution in [3.8, 4) is 11.3 Å². The van der Waals surface area contributed by atoms with Crippen LogP contribution in [0.5, 0.6) is 0 Å². The average molecular weight is 406 g/mol. The van der Waals surface area contributed by atoms with Crippen molar-refractivity contribution < 1.29 is 9.18 Å². The summed E-state index contributed by atoms with van der Waals surface area (Å²) in [5.41, 5.74) is 3.03. The maximum absolute atomic E-state index is 13.6. The molecule has 3 aromatic rings. The van der Waals surface area contributed by atoms with E-state index in [2.05, 4.69) is 10.2 Å². The van der Waals surface area contributed by atoms with Crippen LogP contribution in [0.4, 0.5) is 4.39 Å². The maximum atomic E-state index is 13.6. The molecule has 3 rings (SSSR count). The van der Waals surface area contributed by atoms with Crippen molar-refractivity contribution in [3.05, 3.63) is 75.7 Å². The zero-order chi connectivity index (χ0) is 19.4. The van der Waals surface area contributed by atoms with Gasteiger partial charge in [-0.05, 0) is 31.0 Å². The number of nitrogens with one attached hydrogen (secondary N) is 1. The lowest BCUT2D eigenvalue weighted by Crippen LogP contribution is -2.28. The van der Waals surface area contributed by atoms with E-state index in [1.165, 1.54) is 11.0 Å². The van der Waals surface area contributed by atoms with Crippen LogP contribution in [0.2, 0.25) is 10.0 Å². The van der Waals surface area contributed by atoms with Crippen LogP contribution in [0.1, 0.15) is 22.5 Å². The van der Waals surface area contributed by atoms with E-state index in [-0.39, 0.29) is 21.5 Å². The highest BCUT2D eigenvalue weighted by atomic mass is 35.5. The molecular formula is C20H18Cl2FN3O. The molecule has 27 heavy (non-hydrogen) atoms. The first-order valence-electron chi connectivity index (χ1n) is 8.45. The molecule has 4 nitrogen and oxygen atoms in total. The number of hydrogen-bond acceptors (Lipinski definition) is 2. The largest absolute Gasteiger partial charge is 0.342 e. The van der Waals surface area contributed by atoms with Gasteiger partial charge in [0.05, 0.1) is 21.3 Å². The second-order valence-electron chi connectivity index (χ2n) is 6.22. The van der Waals surface area contributed by atoms with Gasteiger partial charge in [-0.1, -0.05) is 53.5 Å². The van der Waals surface area contributed by atoms with Gasteiger partial charge in [0.1, 0.15) is 5.82 Å². The van der Waals surface area contributed by atoms with Gasteiger partial charge in [-0.3, -0.25) is 9.89 Å². The van der Waals surface area contributed by atoms with E-state index >= 15 is 0 Å². The van der Waals surface area contributed by atoms with Crippen molar-refractivity contribution in [2.75, 3.05) is 13.6 Å². The first-order chi connectivity index (χ1) is 13.0. The average Bonchev–Trinajstić information content (AvgIpc) is 3.13. The molecule has 1 amide bonds. The number of carbonyl (C=O) groups excluding carboxylic acids is 1. The van der Waals surface area contributed by atoms with Crippen LogP contribution in [0, 0.1) is 5.82 Å². The first-order valence-corrected chi connectivity index (χ1v) is 9.21. The summed E-state index contributed by atoms with van der Waals surface area (Å²) in [7, 11) is 1.66. The number of carbonyl (C=O) groups is 1. The van der Waals surface area contributed by atoms with Crippen molar-refractivity contribution in [1.29, 1.82) is 0 Å². The molecule has 140 valence electrons. The Morgan fingerprint density at radius 3 is 2.63 bits per heavy atom. The first kappa shape index (κ1) is 19.4. The summed E-state index contributed by atoms with van der Waals surface area (Å²) in [6.07, 6.45) is 1.46. The van der Waals surface area contributed by atoms with E-state index in [9.17, 15) is 9.18 Å². The molecule has 0 aliphatic rings. The van der Waals surface area contributed by atoms with E-state index in [1.54, 1.807) is 7.05 Å². The van der Waals surface area contributed by atoms with E-state index in [0.29, 0.717) is 6.54 Å². The number of H-pyrrole nitrogens is 1. The third-order valence-electron chi connectivity index (χ3n) is 4.23. The number of benzene rings is 2. The summed E-state index contributed by atoms with van der Waals surface area (Å²) in [6, 6.07) is 14.2. The van der Waals surface area contributed by atoms with E-state index in [1.807, 2.05) is 36.4 Å². The van der Waals surface area contributed by atoms with E-state index in [0.717, 1.165) is 35.9 Å². The Morgan fingerprint density at radius 2 is 1.89 bits per heavy atom. The second kappa shape index (κ2) is 8.55. The molecule has 0 unspecified atom stereocenters. The smallest absolute Gasteiger partial charge is 0.255 e. The summed E-state index contributed by atoms with van der Waals surface area (Å²) in [5, 5.41) is 7.38. The Kier molecular flexibility index (Phi) is 6.14. The Labute approximate surface area is 166 Å². The van der Waals surface area contributed by atoms with E-state index < -0.39 is 5.82 Å². The zero-order valence-corrected chi connectivity index (χ0v) is 16.2. The predicted molar refractivity (Wildman–Crippen MR) is 106 cm³/mol. The molecule has 0 atom stereocenters. The van der Waals surface area contributed by atoms with Gasteiger partial charge in [0.15, 0.2) is 0 Å². The van der Waals surface area contributed by atoms with Crippen LogP contribution in [-0.2, 0) is 6.42 Å². The van der Waals surface area contributed by atoms with Gasteiger partial charge in [0.2, 0.25) is 0 Å². The molecule has 0 radical (unpaired) electrons. The molecule has 0 spiro atoms. The summed E-state index contributed by atoms with van der Waals surface area (Å²) in [6.45, 7) is 0.499. The van der Waals surface area contributed by atoms with Crippen molar-refractivity contribution >= 4 is 29.1 Å². The molecule has 0 aliphatic carbocycles. The van der Waals surface area contributed by atoms with Crippen LogP contribution < -0.4 is 0 Å². The third kappa shape index (κ3) is 4.67. The molecule has 0 aliphatic heterocycles. The minimum atomic E-state index is -0.663. The Balaban J connectivity index is 1.57. The van der Waals surface area contributed by atoms with Crippen molar-refractivity contribution in [1.82, 2.24) is 15.1 Å². The topological polar surface area (TPSA) is 49.0 Å². The van der Waals surface area contributed by atoms with Gasteiger partial charge in [0, 0.05) is 24.8 Å². The van der Waals surface area contributed by atoms with Crippen molar-refractivity contribution in [2.24, 2.45) is 0 Å². The lowest BCUT2D eigenvalue weighted by Gasteiger charge is -2.18. The normalized spacial score (nSPS) is 10.8.